The van der Waals surface area contributed by atoms with E-state index in [2.05, 4.69) is 0 Å². The molecule has 0 heterocycles. The van der Waals surface area contributed by atoms with E-state index in [1.54, 1.807) is 0 Å². The predicted octanol–water partition coefficient (Wildman–Crippen LogP) is 2.50. The molecule has 0 spiro atoms. The van der Waals surface area contributed by atoms with Crippen molar-refractivity contribution in [2.45, 2.75) is 18.9 Å². The Morgan fingerprint density at radius 3 is 2.29 bits per heavy atom. The molecule has 0 radical (unpaired) electrons. The molecule has 0 aromatic heterocycles. The van der Waals surface area contributed by atoms with Crippen LogP contribution in [-0.4, -0.2) is 6.43 Å². The average molecular weight is 207 g/mol. The quantitative estimate of drug-likeness (QED) is 0.757. The van der Waals surface area contributed by atoms with Crippen molar-refractivity contribution in [3.8, 4) is 0 Å². The highest BCUT2D eigenvalue weighted by molar-refractivity contribution is 5.31. The molecule has 0 aliphatic rings. The summed E-state index contributed by atoms with van der Waals surface area (Å²) in [5, 5.41) is 0. The van der Waals surface area contributed by atoms with E-state index in [1.807, 2.05) is 0 Å². The van der Waals surface area contributed by atoms with E-state index >= 15 is 0 Å². The first kappa shape index (κ1) is 11.0. The van der Waals surface area contributed by atoms with E-state index in [4.69, 9.17) is 5.73 Å². The van der Waals surface area contributed by atoms with Crippen molar-refractivity contribution in [3.63, 3.8) is 0 Å². The summed E-state index contributed by atoms with van der Waals surface area (Å²) in [6.07, 6.45) is -3.71. The normalized spacial score (nSPS) is 12.1. The minimum Gasteiger partial charge on any atom is -0.326 e. The van der Waals surface area contributed by atoms with Gasteiger partial charge in [-0.25, -0.2) is 8.78 Å². The molecule has 0 atom stereocenters. The summed E-state index contributed by atoms with van der Waals surface area (Å²) in [5.41, 5.74) is 4.51. The van der Waals surface area contributed by atoms with Gasteiger partial charge in [-0.2, -0.15) is 8.78 Å². The zero-order valence-electron chi connectivity index (χ0n) is 7.18. The average Bonchev–Trinajstić information content (AvgIpc) is 2.17. The maximum Gasteiger partial charge on any atom is 0.332 e. The van der Waals surface area contributed by atoms with Crippen molar-refractivity contribution < 1.29 is 17.6 Å². The lowest BCUT2D eigenvalue weighted by Gasteiger charge is -2.18. The van der Waals surface area contributed by atoms with Gasteiger partial charge in [0.05, 0.1) is 0 Å². The highest BCUT2D eigenvalue weighted by Crippen LogP contribution is 2.36. The SMILES string of the molecule is NCc1ccccc1C(F)(F)C(F)F. The van der Waals surface area contributed by atoms with Gasteiger partial charge in [0.15, 0.2) is 0 Å². The van der Waals surface area contributed by atoms with Gasteiger partial charge in [-0.05, 0) is 5.56 Å². The summed E-state index contributed by atoms with van der Waals surface area (Å²) in [4.78, 5) is 0. The summed E-state index contributed by atoms with van der Waals surface area (Å²) in [6, 6.07) is 5.04. The van der Waals surface area contributed by atoms with Crippen LogP contribution in [0.4, 0.5) is 17.6 Å². The molecule has 0 bridgehead atoms. The summed E-state index contributed by atoms with van der Waals surface area (Å²) in [5.74, 6) is -4.13. The van der Waals surface area contributed by atoms with Gasteiger partial charge >= 0.3 is 12.3 Å². The summed E-state index contributed by atoms with van der Waals surface area (Å²) < 4.78 is 49.9. The Bertz CT molecular complexity index is 311. The third kappa shape index (κ3) is 1.87. The molecule has 2 N–H and O–H groups in total. The van der Waals surface area contributed by atoms with E-state index in [0.29, 0.717) is 0 Å². The van der Waals surface area contributed by atoms with Crippen molar-refractivity contribution in [1.82, 2.24) is 0 Å². The number of nitrogens with two attached hydrogens (primary N) is 1. The Hall–Kier alpha value is -1.10. The van der Waals surface area contributed by atoms with Crippen LogP contribution in [0.2, 0.25) is 0 Å². The smallest absolute Gasteiger partial charge is 0.326 e. The second-order valence-corrected chi connectivity index (χ2v) is 2.78. The first-order valence-electron chi connectivity index (χ1n) is 3.94. The molecule has 1 aromatic carbocycles. The highest BCUT2D eigenvalue weighted by atomic mass is 19.3. The molecule has 1 rings (SSSR count). The minimum absolute atomic E-state index is 0.0396. The number of benzene rings is 1. The maximum atomic E-state index is 12.9. The Labute approximate surface area is 78.5 Å². The molecule has 0 aliphatic carbocycles. The van der Waals surface area contributed by atoms with Crippen LogP contribution in [0.1, 0.15) is 11.1 Å². The molecule has 5 heteroatoms. The fraction of sp³-hybridized carbons (Fsp3) is 0.333. The Morgan fingerprint density at radius 1 is 1.21 bits per heavy atom. The van der Waals surface area contributed by atoms with Crippen LogP contribution in [0, 0.1) is 0 Å². The lowest BCUT2D eigenvalue weighted by atomic mass is 10.0. The molecular formula is C9H9F4N. The van der Waals surface area contributed by atoms with Crippen LogP contribution in [-0.2, 0) is 12.5 Å². The lowest BCUT2D eigenvalue weighted by molar-refractivity contribution is -0.135. The van der Waals surface area contributed by atoms with Gasteiger partial charge in [-0.1, -0.05) is 24.3 Å². The summed E-state index contributed by atoms with van der Waals surface area (Å²) >= 11 is 0. The van der Waals surface area contributed by atoms with Gasteiger partial charge in [0, 0.05) is 12.1 Å². The molecule has 0 unspecified atom stereocenters. The van der Waals surface area contributed by atoms with Gasteiger partial charge in [0.1, 0.15) is 0 Å². The van der Waals surface area contributed by atoms with Crippen LogP contribution in [0.5, 0.6) is 0 Å². The second kappa shape index (κ2) is 3.96. The molecule has 0 saturated heterocycles. The third-order valence-electron chi connectivity index (χ3n) is 1.87. The molecule has 0 amide bonds. The summed E-state index contributed by atoms with van der Waals surface area (Å²) in [6.45, 7) is -0.182. The largest absolute Gasteiger partial charge is 0.332 e. The summed E-state index contributed by atoms with van der Waals surface area (Å²) in [7, 11) is 0. The topological polar surface area (TPSA) is 26.0 Å². The first-order chi connectivity index (χ1) is 6.50. The Kier molecular flexibility index (Phi) is 3.10. The zero-order valence-corrected chi connectivity index (χ0v) is 7.18. The fourth-order valence-corrected chi connectivity index (χ4v) is 1.14. The van der Waals surface area contributed by atoms with Crippen LogP contribution < -0.4 is 5.73 Å². The second-order valence-electron chi connectivity index (χ2n) is 2.78. The molecule has 0 aliphatic heterocycles. The lowest BCUT2D eigenvalue weighted by Crippen LogP contribution is -2.25. The number of halogens is 4. The molecule has 0 fully saturated rings. The molecular weight excluding hydrogens is 198 g/mol. The van der Waals surface area contributed by atoms with Gasteiger partial charge in [-0.3, -0.25) is 0 Å². The Morgan fingerprint density at radius 2 is 1.79 bits per heavy atom. The van der Waals surface area contributed by atoms with E-state index in [1.165, 1.54) is 18.2 Å². The fourth-order valence-electron chi connectivity index (χ4n) is 1.14. The standard InChI is InChI=1S/C9H9F4N/c10-8(11)9(12,13)7-4-2-1-3-6(7)5-14/h1-4,8H,5,14H2. The van der Waals surface area contributed by atoms with Crippen molar-refractivity contribution >= 4 is 0 Å². The number of hydrogen-bond acceptors (Lipinski definition) is 1. The Balaban J connectivity index is 3.17. The number of hydrogen-bond donors (Lipinski definition) is 1. The van der Waals surface area contributed by atoms with E-state index in [0.717, 1.165) is 6.07 Å². The van der Waals surface area contributed by atoms with E-state index < -0.39 is 17.9 Å². The zero-order chi connectivity index (χ0) is 10.8. The van der Waals surface area contributed by atoms with Crippen molar-refractivity contribution in [2.75, 3.05) is 0 Å². The minimum atomic E-state index is -4.13. The van der Waals surface area contributed by atoms with Crippen LogP contribution in [0.3, 0.4) is 0 Å². The molecule has 14 heavy (non-hydrogen) atoms. The third-order valence-corrected chi connectivity index (χ3v) is 1.87. The highest BCUT2D eigenvalue weighted by Gasteiger charge is 2.43. The van der Waals surface area contributed by atoms with Crippen molar-refractivity contribution in [1.29, 1.82) is 0 Å². The first-order valence-corrected chi connectivity index (χ1v) is 3.94. The van der Waals surface area contributed by atoms with Gasteiger partial charge < -0.3 is 5.73 Å². The van der Waals surface area contributed by atoms with E-state index in [9.17, 15) is 17.6 Å². The number of alkyl halides is 4. The predicted molar refractivity (Wildman–Crippen MR) is 44.2 cm³/mol. The van der Waals surface area contributed by atoms with E-state index in [-0.39, 0.29) is 12.1 Å². The monoisotopic (exact) mass is 207 g/mol. The maximum absolute atomic E-state index is 12.9. The van der Waals surface area contributed by atoms with Crippen LogP contribution >= 0.6 is 0 Å². The molecule has 78 valence electrons. The van der Waals surface area contributed by atoms with Crippen molar-refractivity contribution in [3.05, 3.63) is 35.4 Å². The van der Waals surface area contributed by atoms with Crippen molar-refractivity contribution in [2.24, 2.45) is 5.73 Å². The molecule has 1 nitrogen and oxygen atoms in total. The van der Waals surface area contributed by atoms with Crippen LogP contribution in [0.25, 0.3) is 0 Å². The van der Waals surface area contributed by atoms with Gasteiger partial charge in [-0.15, -0.1) is 0 Å². The molecule has 0 saturated carbocycles. The molecule has 1 aromatic rings. The van der Waals surface area contributed by atoms with Crippen LogP contribution in [0.15, 0.2) is 24.3 Å². The van der Waals surface area contributed by atoms with Gasteiger partial charge in [0.2, 0.25) is 0 Å². The van der Waals surface area contributed by atoms with Gasteiger partial charge in [0.25, 0.3) is 0 Å². The number of rotatable bonds is 3.